The Bertz CT molecular complexity index is 451. The monoisotopic (exact) mass is 371 g/mol. The number of aryl methyl sites for hydroxylation is 1. The molecule has 1 unspecified atom stereocenters. The van der Waals surface area contributed by atoms with Crippen LogP contribution in [0.25, 0.3) is 0 Å². The smallest absolute Gasteiger partial charge is 0.181 e. The minimum Gasteiger partial charge on any atom is -0.378 e. The van der Waals surface area contributed by atoms with Gasteiger partial charge in [0.25, 0.3) is 0 Å². The highest BCUT2D eigenvalue weighted by Gasteiger charge is 2.03. The first-order chi connectivity index (χ1) is 12.7. The molecule has 1 rings (SSSR count). The first-order valence-corrected chi connectivity index (χ1v) is 8.98. The fourth-order valence-electron chi connectivity index (χ4n) is 2.05. The molecule has 0 aliphatic rings. The van der Waals surface area contributed by atoms with Crippen molar-refractivity contribution in [3.63, 3.8) is 0 Å². The van der Waals surface area contributed by atoms with E-state index >= 15 is 0 Å². The number of aliphatic hydroxyl groups excluding tert-OH is 1. The molecule has 0 saturated heterocycles. The zero-order valence-corrected chi connectivity index (χ0v) is 15.6. The highest BCUT2D eigenvalue weighted by molar-refractivity contribution is 5.50. The number of aliphatic hydroxyl groups is 1. The zero-order chi connectivity index (χ0) is 18.9. The van der Waals surface area contributed by atoms with Crippen LogP contribution in [0.4, 0.5) is 5.69 Å². The van der Waals surface area contributed by atoms with Crippen LogP contribution in [-0.4, -0.2) is 77.4 Å². The number of hydrogen-bond acceptors (Lipinski definition) is 8. The second-order valence-corrected chi connectivity index (χ2v) is 5.55. The van der Waals surface area contributed by atoms with Crippen LogP contribution >= 0.6 is 0 Å². The Labute approximate surface area is 155 Å². The molecule has 1 atom stereocenters. The highest BCUT2D eigenvalue weighted by atomic mass is 16.6. The van der Waals surface area contributed by atoms with Gasteiger partial charge in [0.05, 0.1) is 52.9 Å². The predicted octanol–water partition coefficient (Wildman–Crippen LogP) is 0.298. The van der Waals surface area contributed by atoms with Crippen LogP contribution < -0.4 is 16.4 Å². The molecule has 0 aliphatic carbocycles. The zero-order valence-electron chi connectivity index (χ0n) is 15.6. The molecule has 0 fully saturated rings. The summed E-state index contributed by atoms with van der Waals surface area (Å²) in [6.07, 6.45) is -0.818. The predicted molar refractivity (Wildman–Crippen MR) is 101 cm³/mol. The van der Waals surface area contributed by atoms with E-state index in [9.17, 15) is 5.11 Å². The topological polar surface area (TPSA) is 107 Å². The van der Waals surface area contributed by atoms with Gasteiger partial charge in [-0.25, -0.2) is 0 Å². The van der Waals surface area contributed by atoms with Gasteiger partial charge in [-0.15, -0.1) is 0 Å². The molecule has 0 saturated carbocycles. The van der Waals surface area contributed by atoms with Crippen molar-refractivity contribution in [1.29, 1.82) is 0 Å². The van der Waals surface area contributed by atoms with Crippen molar-refractivity contribution in [3.8, 4) is 0 Å². The van der Waals surface area contributed by atoms with E-state index in [4.69, 9.17) is 24.7 Å². The number of benzene rings is 1. The van der Waals surface area contributed by atoms with Gasteiger partial charge in [-0.2, -0.15) is 0 Å². The molecule has 8 heteroatoms. The first-order valence-electron chi connectivity index (χ1n) is 8.98. The highest BCUT2D eigenvalue weighted by Crippen LogP contribution is 2.12. The average Bonchev–Trinajstić information content (AvgIpc) is 2.64. The van der Waals surface area contributed by atoms with Crippen molar-refractivity contribution in [3.05, 3.63) is 29.8 Å². The van der Waals surface area contributed by atoms with E-state index in [0.29, 0.717) is 65.9 Å². The Morgan fingerprint density at radius 1 is 0.885 bits per heavy atom. The molecule has 8 nitrogen and oxygen atoms in total. The molecule has 5 N–H and O–H groups in total. The summed E-state index contributed by atoms with van der Waals surface area (Å²) in [5, 5.41) is 15.8. The van der Waals surface area contributed by atoms with Crippen LogP contribution in [0.5, 0.6) is 0 Å². The van der Waals surface area contributed by atoms with E-state index in [1.165, 1.54) is 0 Å². The second kappa shape index (κ2) is 16.0. The fraction of sp³-hybridized carbons (Fsp3) is 0.667. The fourth-order valence-corrected chi connectivity index (χ4v) is 2.05. The van der Waals surface area contributed by atoms with Crippen LogP contribution in [0, 0.1) is 6.92 Å². The van der Waals surface area contributed by atoms with E-state index in [-0.39, 0.29) is 0 Å². The van der Waals surface area contributed by atoms with Crippen LogP contribution in [0.3, 0.4) is 0 Å². The standard InChI is InChI=1S/C18H33N3O5/c1-16-4-2-3-5-17(16)21-18(22)20-7-9-24-11-13-26-15-14-25-12-10-23-8-6-19/h2-5,18,20-22H,6-15,19H2,1H3. The molecule has 0 aliphatic heterocycles. The van der Waals surface area contributed by atoms with Crippen molar-refractivity contribution < 1.29 is 24.1 Å². The lowest BCUT2D eigenvalue weighted by molar-refractivity contribution is -0.00142. The normalized spacial score (nSPS) is 12.3. The maximum atomic E-state index is 9.89. The summed E-state index contributed by atoms with van der Waals surface area (Å²) in [6.45, 7) is 7.27. The van der Waals surface area contributed by atoms with Crippen LogP contribution in [0.15, 0.2) is 24.3 Å². The van der Waals surface area contributed by atoms with Gasteiger partial charge >= 0.3 is 0 Å². The SMILES string of the molecule is Cc1ccccc1NC(O)NCCOCCOCCOCCOCCN. The molecule has 0 aromatic heterocycles. The van der Waals surface area contributed by atoms with Gasteiger partial charge in [-0.3, -0.25) is 5.32 Å². The van der Waals surface area contributed by atoms with Gasteiger partial charge in [0.2, 0.25) is 0 Å². The van der Waals surface area contributed by atoms with Gasteiger partial charge in [-0.05, 0) is 18.6 Å². The van der Waals surface area contributed by atoms with Gasteiger partial charge in [0.15, 0.2) is 6.35 Å². The Balaban J connectivity index is 1.84. The lowest BCUT2D eigenvalue weighted by Gasteiger charge is -2.17. The van der Waals surface area contributed by atoms with Crippen molar-refractivity contribution in [2.45, 2.75) is 13.3 Å². The van der Waals surface area contributed by atoms with E-state index < -0.39 is 6.35 Å². The summed E-state index contributed by atoms with van der Waals surface area (Å²) in [5.41, 5.74) is 7.28. The first kappa shape index (κ1) is 22.8. The molecule has 1 aromatic carbocycles. The Hall–Kier alpha value is -1.26. The van der Waals surface area contributed by atoms with Gasteiger partial charge in [-0.1, -0.05) is 18.2 Å². The van der Waals surface area contributed by atoms with Gasteiger partial charge < -0.3 is 35.1 Å². The van der Waals surface area contributed by atoms with E-state index in [2.05, 4.69) is 10.6 Å². The molecule has 0 bridgehead atoms. The summed E-state index contributed by atoms with van der Waals surface area (Å²) in [4.78, 5) is 0. The molecule has 26 heavy (non-hydrogen) atoms. The molecule has 0 spiro atoms. The summed E-state index contributed by atoms with van der Waals surface area (Å²) in [7, 11) is 0. The van der Waals surface area contributed by atoms with E-state index in [0.717, 1.165) is 11.3 Å². The van der Waals surface area contributed by atoms with Crippen LogP contribution in [0.2, 0.25) is 0 Å². The lowest BCUT2D eigenvalue weighted by Crippen LogP contribution is -2.38. The molecule has 0 heterocycles. The van der Waals surface area contributed by atoms with E-state index in [1.54, 1.807) is 0 Å². The Kier molecular flexibility index (Phi) is 14.0. The summed E-state index contributed by atoms with van der Waals surface area (Å²) in [6, 6.07) is 7.79. The third-order valence-corrected chi connectivity index (χ3v) is 3.40. The third-order valence-electron chi connectivity index (χ3n) is 3.40. The second-order valence-electron chi connectivity index (χ2n) is 5.55. The van der Waals surface area contributed by atoms with Crippen molar-refractivity contribution >= 4 is 5.69 Å². The molecule has 0 amide bonds. The van der Waals surface area contributed by atoms with E-state index in [1.807, 2.05) is 31.2 Å². The quantitative estimate of drug-likeness (QED) is 0.229. The lowest BCUT2D eigenvalue weighted by atomic mass is 10.2. The molecule has 150 valence electrons. The molecule has 0 radical (unpaired) electrons. The van der Waals surface area contributed by atoms with Crippen molar-refractivity contribution in [2.24, 2.45) is 5.73 Å². The average molecular weight is 371 g/mol. The van der Waals surface area contributed by atoms with Crippen LogP contribution in [0.1, 0.15) is 5.56 Å². The summed E-state index contributed by atoms with van der Waals surface area (Å²) >= 11 is 0. The Morgan fingerprint density at radius 2 is 1.42 bits per heavy atom. The molecular weight excluding hydrogens is 338 g/mol. The summed E-state index contributed by atoms with van der Waals surface area (Å²) < 4.78 is 21.3. The maximum Gasteiger partial charge on any atom is 0.181 e. The third kappa shape index (κ3) is 12.2. The van der Waals surface area contributed by atoms with Crippen molar-refractivity contribution in [1.82, 2.24) is 5.32 Å². The molecule has 1 aromatic rings. The number of rotatable bonds is 17. The Morgan fingerprint density at radius 3 is 2.00 bits per heavy atom. The van der Waals surface area contributed by atoms with Crippen molar-refractivity contribution in [2.75, 3.05) is 71.3 Å². The van der Waals surface area contributed by atoms with Crippen LogP contribution in [-0.2, 0) is 18.9 Å². The largest absolute Gasteiger partial charge is 0.378 e. The number of para-hydroxylation sites is 1. The minimum absolute atomic E-state index is 0.491. The number of hydrogen-bond donors (Lipinski definition) is 4. The minimum atomic E-state index is -0.818. The maximum absolute atomic E-state index is 9.89. The van der Waals surface area contributed by atoms with Gasteiger partial charge in [0, 0.05) is 18.8 Å². The number of ether oxygens (including phenoxy) is 4. The number of anilines is 1. The number of nitrogens with one attached hydrogen (secondary N) is 2. The van der Waals surface area contributed by atoms with Gasteiger partial charge in [0.1, 0.15) is 0 Å². The molecular formula is C18H33N3O5. The summed E-state index contributed by atoms with van der Waals surface area (Å²) in [5.74, 6) is 0. The number of nitrogens with two attached hydrogens (primary N) is 1.